The predicted molar refractivity (Wildman–Crippen MR) is 68.5 cm³/mol. The van der Waals surface area contributed by atoms with Crippen molar-refractivity contribution in [2.45, 2.75) is 25.3 Å². The second kappa shape index (κ2) is 4.94. The zero-order valence-corrected chi connectivity index (χ0v) is 10.8. The minimum absolute atomic E-state index is 0.0514. The van der Waals surface area contributed by atoms with Gasteiger partial charge in [0.15, 0.2) is 0 Å². The third-order valence-electron chi connectivity index (χ3n) is 3.79. The van der Waals surface area contributed by atoms with E-state index in [1.807, 2.05) is 7.05 Å². The summed E-state index contributed by atoms with van der Waals surface area (Å²) >= 11 is 0. The molecule has 98 valence electrons. The van der Waals surface area contributed by atoms with Gasteiger partial charge in [-0.2, -0.15) is 0 Å². The van der Waals surface area contributed by atoms with Gasteiger partial charge in [0.2, 0.25) is 0 Å². The van der Waals surface area contributed by atoms with Gasteiger partial charge >= 0.3 is 0 Å². The number of likely N-dealkylation sites (tertiary alicyclic amines) is 1. The average Bonchev–Trinajstić information content (AvgIpc) is 2.39. The molecule has 0 atom stereocenters. The van der Waals surface area contributed by atoms with Crippen molar-refractivity contribution >= 4 is 5.91 Å². The Balaban J connectivity index is 2.07. The van der Waals surface area contributed by atoms with E-state index in [4.69, 9.17) is 0 Å². The normalized spacial score (nSPS) is 18.7. The third kappa shape index (κ3) is 2.46. The molecule has 0 bridgehead atoms. The lowest BCUT2D eigenvalue weighted by molar-refractivity contribution is 0.0658. The Kier molecular flexibility index (Phi) is 3.52. The quantitative estimate of drug-likeness (QED) is 0.820. The molecule has 0 aliphatic carbocycles. The van der Waals surface area contributed by atoms with Crippen LogP contribution in [0.15, 0.2) is 18.5 Å². The van der Waals surface area contributed by atoms with Crippen molar-refractivity contribution in [2.75, 3.05) is 20.1 Å². The maximum atomic E-state index is 12.2. The highest BCUT2D eigenvalue weighted by Crippen LogP contribution is 2.24. The first-order valence-electron chi connectivity index (χ1n) is 6.17. The van der Waals surface area contributed by atoms with Crippen LogP contribution in [0.5, 0.6) is 5.75 Å². The standard InChI is InChI=1S/C13H19N3O2/c1-13(14-2)4-7-16(8-5-13)12(18)10-3-6-15-9-11(10)17/h3,6,9,14,17H,4-5,7-8H2,1-2H3. The summed E-state index contributed by atoms with van der Waals surface area (Å²) < 4.78 is 0. The van der Waals surface area contributed by atoms with E-state index in [-0.39, 0.29) is 17.2 Å². The van der Waals surface area contributed by atoms with E-state index < -0.39 is 0 Å². The Hall–Kier alpha value is -1.62. The van der Waals surface area contributed by atoms with Gasteiger partial charge in [-0.05, 0) is 32.9 Å². The number of carbonyl (C=O) groups excluding carboxylic acids is 1. The molecule has 1 fully saturated rings. The Morgan fingerprint density at radius 1 is 1.50 bits per heavy atom. The average molecular weight is 249 g/mol. The Morgan fingerprint density at radius 2 is 2.17 bits per heavy atom. The van der Waals surface area contributed by atoms with Crippen molar-refractivity contribution in [2.24, 2.45) is 0 Å². The molecule has 1 aliphatic rings. The number of nitrogens with zero attached hydrogens (tertiary/aromatic N) is 2. The molecule has 1 aromatic heterocycles. The molecular formula is C13H19N3O2. The van der Waals surface area contributed by atoms with Crippen molar-refractivity contribution in [1.82, 2.24) is 15.2 Å². The van der Waals surface area contributed by atoms with Crippen molar-refractivity contribution in [1.29, 1.82) is 0 Å². The highest BCUT2D eigenvalue weighted by atomic mass is 16.3. The molecule has 2 rings (SSSR count). The van der Waals surface area contributed by atoms with Crippen LogP contribution in [0.4, 0.5) is 0 Å². The van der Waals surface area contributed by atoms with E-state index in [2.05, 4.69) is 17.2 Å². The number of rotatable bonds is 2. The maximum absolute atomic E-state index is 12.2. The van der Waals surface area contributed by atoms with E-state index >= 15 is 0 Å². The van der Waals surface area contributed by atoms with E-state index in [1.54, 1.807) is 11.0 Å². The molecule has 1 aromatic rings. The molecule has 18 heavy (non-hydrogen) atoms. The Bertz CT molecular complexity index is 440. The summed E-state index contributed by atoms with van der Waals surface area (Å²) in [4.78, 5) is 17.8. The molecule has 1 aliphatic heterocycles. The highest BCUT2D eigenvalue weighted by Gasteiger charge is 2.31. The van der Waals surface area contributed by atoms with Gasteiger partial charge in [0.1, 0.15) is 5.75 Å². The SMILES string of the molecule is CNC1(C)CCN(C(=O)c2ccncc2O)CC1. The molecule has 0 radical (unpaired) electrons. The van der Waals surface area contributed by atoms with E-state index in [9.17, 15) is 9.90 Å². The minimum Gasteiger partial charge on any atom is -0.505 e. The first-order chi connectivity index (χ1) is 8.56. The lowest BCUT2D eigenvalue weighted by Gasteiger charge is -2.39. The van der Waals surface area contributed by atoms with Crippen molar-refractivity contribution < 1.29 is 9.90 Å². The number of pyridine rings is 1. The van der Waals surface area contributed by atoms with Gasteiger partial charge in [-0.1, -0.05) is 0 Å². The van der Waals surface area contributed by atoms with Crippen LogP contribution in [0, 0.1) is 0 Å². The zero-order chi connectivity index (χ0) is 13.2. The maximum Gasteiger partial charge on any atom is 0.257 e. The van der Waals surface area contributed by atoms with E-state index in [1.165, 1.54) is 12.4 Å². The topological polar surface area (TPSA) is 65.5 Å². The van der Waals surface area contributed by atoms with Crippen LogP contribution in [0.1, 0.15) is 30.1 Å². The van der Waals surface area contributed by atoms with Crippen molar-refractivity contribution in [3.05, 3.63) is 24.0 Å². The highest BCUT2D eigenvalue weighted by molar-refractivity contribution is 5.96. The van der Waals surface area contributed by atoms with Crippen LogP contribution in [-0.4, -0.2) is 46.6 Å². The number of piperidine rings is 1. The van der Waals surface area contributed by atoms with Gasteiger partial charge in [-0.15, -0.1) is 0 Å². The van der Waals surface area contributed by atoms with Crippen LogP contribution in [0.2, 0.25) is 0 Å². The van der Waals surface area contributed by atoms with Crippen LogP contribution in [0.3, 0.4) is 0 Å². The molecule has 0 aromatic carbocycles. The first-order valence-corrected chi connectivity index (χ1v) is 6.17. The lowest BCUT2D eigenvalue weighted by atomic mass is 9.89. The fraction of sp³-hybridized carbons (Fsp3) is 0.538. The zero-order valence-electron chi connectivity index (χ0n) is 10.8. The molecule has 2 N–H and O–H groups in total. The van der Waals surface area contributed by atoms with Crippen molar-refractivity contribution in [3.8, 4) is 5.75 Å². The molecule has 1 saturated heterocycles. The number of aromatic hydroxyl groups is 1. The van der Waals surface area contributed by atoms with E-state index in [0.29, 0.717) is 18.7 Å². The molecule has 5 nitrogen and oxygen atoms in total. The van der Waals surface area contributed by atoms with Gasteiger partial charge < -0.3 is 15.3 Å². The summed E-state index contributed by atoms with van der Waals surface area (Å²) in [6.45, 7) is 3.58. The molecule has 0 unspecified atom stereocenters. The number of hydrogen-bond acceptors (Lipinski definition) is 4. The van der Waals surface area contributed by atoms with Crippen LogP contribution in [-0.2, 0) is 0 Å². The second-order valence-corrected chi connectivity index (χ2v) is 5.00. The summed E-state index contributed by atoms with van der Waals surface area (Å²) in [6.07, 6.45) is 4.66. The molecule has 2 heterocycles. The summed E-state index contributed by atoms with van der Waals surface area (Å²) in [5.74, 6) is -0.169. The predicted octanol–water partition coefficient (Wildman–Crippen LogP) is 1.00. The number of carbonyl (C=O) groups is 1. The van der Waals surface area contributed by atoms with Crippen molar-refractivity contribution in [3.63, 3.8) is 0 Å². The van der Waals surface area contributed by atoms with Gasteiger partial charge in [0, 0.05) is 24.8 Å². The molecule has 0 spiro atoms. The summed E-state index contributed by atoms with van der Waals surface area (Å²) in [5, 5.41) is 12.9. The minimum atomic E-state index is -0.118. The third-order valence-corrected chi connectivity index (χ3v) is 3.79. The number of nitrogens with one attached hydrogen (secondary N) is 1. The van der Waals surface area contributed by atoms with Gasteiger partial charge in [0.25, 0.3) is 5.91 Å². The number of amides is 1. The molecule has 0 saturated carbocycles. The summed E-state index contributed by atoms with van der Waals surface area (Å²) in [7, 11) is 1.95. The monoisotopic (exact) mass is 249 g/mol. The van der Waals surface area contributed by atoms with Gasteiger partial charge in [-0.3, -0.25) is 9.78 Å². The smallest absolute Gasteiger partial charge is 0.257 e. The fourth-order valence-electron chi connectivity index (χ4n) is 2.19. The second-order valence-electron chi connectivity index (χ2n) is 5.00. The lowest BCUT2D eigenvalue weighted by Crippen LogP contribution is -2.51. The fourth-order valence-corrected chi connectivity index (χ4v) is 2.19. The Morgan fingerprint density at radius 3 is 2.72 bits per heavy atom. The first kappa shape index (κ1) is 12.8. The summed E-state index contributed by atoms with van der Waals surface area (Å²) in [5.41, 5.74) is 0.440. The number of aromatic nitrogens is 1. The molecule has 1 amide bonds. The van der Waals surface area contributed by atoms with Crippen LogP contribution >= 0.6 is 0 Å². The van der Waals surface area contributed by atoms with E-state index in [0.717, 1.165) is 12.8 Å². The largest absolute Gasteiger partial charge is 0.505 e. The molecular weight excluding hydrogens is 230 g/mol. The van der Waals surface area contributed by atoms with Crippen LogP contribution in [0.25, 0.3) is 0 Å². The number of hydrogen-bond donors (Lipinski definition) is 2. The summed E-state index contributed by atoms with van der Waals surface area (Å²) in [6, 6.07) is 1.56. The van der Waals surface area contributed by atoms with Gasteiger partial charge in [-0.25, -0.2) is 0 Å². The Labute approximate surface area is 107 Å². The van der Waals surface area contributed by atoms with Gasteiger partial charge in [0.05, 0.1) is 11.8 Å². The van der Waals surface area contributed by atoms with Crippen LogP contribution < -0.4 is 5.32 Å². The molecule has 5 heteroatoms.